The fourth-order valence-electron chi connectivity index (χ4n) is 1.99. The number of Topliss-reactive ketones (excluding diaryl/α,β-unsaturated/α-hetero) is 1. The molecule has 0 bridgehead atoms. The average molecular weight is 234 g/mol. The number of aliphatic carboxylic acids is 1. The molecule has 0 aliphatic carbocycles. The molecular weight excluding hydrogens is 220 g/mol. The highest BCUT2D eigenvalue weighted by atomic mass is 16.4. The Kier molecular flexibility index (Phi) is 2.75. The van der Waals surface area contributed by atoms with Crippen LogP contribution in [-0.2, 0) is 11.3 Å². The number of rotatable bonds is 3. The quantitative estimate of drug-likeness (QED) is 0.677. The normalized spacial score (nSPS) is 17.4. The highest BCUT2D eigenvalue weighted by Crippen LogP contribution is 1.96. The maximum absolute atomic E-state index is 11.5. The lowest BCUT2D eigenvalue weighted by Crippen LogP contribution is -2.41. The lowest BCUT2D eigenvalue weighted by atomic mass is 10.1. The number of fused-ring (bicyclic) bond motifs is 1. The molecule has 2 N–H and O–H groups in total. The SMILES string of the molecule is CC(=O)c1cn(CC(=O)O)c2c1=CC(C)NC=2. The van der Waals surface area contributed by atoms with E-state index in [-0.39, 0.29) is 18.4 Å². The number of carboxylic acids is 1. The summed E-state index contributed by atoms with van der Waals surface area (Å²) in [6.45, 7) is 3.31. The molecular formula is C12H14N2O3. The monoisotopic (exact) mass is 234 g/mol. The summed E-state index contributed by atoms with van der Waals surface area (Å²) in [7, 11) is 0. The number of aromatic nitrogens is 1. The molecule has 90 valence electrons. The van der Waals surface area contributed by atoms with Gasteiger partial charge in [-0.05, 0) is 13.8 Å². The first kappa shape index (κ1) is 11.4. The first-order chi connectivity index (χ1) is 7.99. The average Bonchev–Trinajstić information content (AvgIpc) is 2.55. The van der Waals surface area contributed by atoms with Gasteiger partial charge in [0.2, 0.25) is 0 Å². The Morgan fingerprint density at radius 2 is 2.24 bits per heavy atom. The van der Waals surface area contributed by atoms with Crippen LogP contribution in [0, 0.1) is 0 Å². The Labute approximate surface area is 98.1 Å². The van der Waals surface area contributed by atoms with Gasteiger partial charge in [0.1, 0.15) is 6.54 Å². The summed E-state index contributed by atoms with van der Waals surface area (Å²) < 4.78 is 1.57. The summed E-state index contributed by atoms with van der Waals surface area (Å²) >= 11 is 0. The number of hydrogen-bond donors (Lipinski definition) is 2. The van der Waals surface area contributed by atoms with Gasteiger partial charge in [0.05, 0.1) is 5.35 Å². The van der Waals surface area contributed by atoms with Crippen molar-refractivity contribution in [2.75, 3.05) is 0 Å². The van der Waals surface area contributed by atoms with Crippen molar-refractivity contribution in [2.45, 2.75) is 26.4 Å². The predicted octanol–water partition coefficient (Wildman–Crippen LogP) is -0.714. The minimum Gasteiger partial charge on any atom is -0.480 e. The zero-order chi connectivity index (χ0) is 12.6. The number of nitrogens with one attached hydrogen (secondary N) is 1. The van der Waals surface area contributed by atoms with Gasteiger partial charge in [0.25, 0.3) is 0 Å². The molecule has 1 aliphatic heterocycles. The molecule has 5 heteroatoms. The van der Waals surface area contributed by atoms with Crippen LogP contribution in [0.4, 0.5) is 0 Å². The Balaban J connectivity index is 2.67. The number of carbonyl (C=O) groups is 2. The van der Waals surface area contributed by atoms with E-state index in [4.69, 9.17) is 5.11 Å². The van der Waals surface area contributed by atoms with Crippen LogP contribution in [0.2, 0.25) is 0 Å². The lowest BCUT2D eigenvalue weighted by molar-refractivity contribution is -0.137. The van der Waals surface area contributed by atoms with Gasteiger partial charge in [-0.2, -0.15) is 0 Å². The van der Waals surface area contributed by atoms with Gasteiger partial charge >= 0.3 is 5.97 Å². The molecule has 1 unspecified atom stereocenters. The van der Waals surface area contributed by atoms with Crippen molar-refractivity contribution in [2.24, 2.45) is 0 Å². The number of carboxylic acid groups (broad SMARTS) is 1. The molecule has 5 nitrogen and oxygen atoms in total. The van der Waals surface area contributed by atoms with Crippen LogP contribution < -0.4 is 15.9 Å². The molecule has 0 radical (unpaired) electrons. The van der Waals surface area contributed by atoms with Crippen LogP contribution in [0.3, 0.4) is 0 Å². The molecule has 0 amide bonds. The molecule has 1 atom stereocenters. The van der Waals surface area contributed by atoms with Crippen LogP contribution in [0.25, 0.3) is 12.3 Å². The van der Waals surface area contributed by atoms with E-state index >= 15 is 0 Å². The molecule has 17 heavy (non-hydrogen) atoms. The molecule has 0 fully saturated rings. The topological polar surface area (TPSA) is 71.3 Å². The minimum atomic E-state index is -0.926. The van der Waals surface area contributed by atoms with Gasteiger partial charge in [-0.25, -0.2) is 0 Å². The van der Waals surface area contributed by atoms with Gasteiger partial charge in [-0.3, -0.25) is 9.59 Å². The van der Waals surface area contributed by atoms with Crippen molar-refractivity contribution in [3.05, 3.63) is 22.3 Å². The zero-order valence-electron chi connectivity index (χ0n) is 9.73. The van der Waals surface area contributed by atoms with E-state index in [0.29, 0.717) is 5.56 Å². The second kappa shape index (κ2) is 4.08. The Hall–Kier alpha value is -2.04. The third-order valence-corrected chi connectivity index (χ3v) is 2.74. The van der Waals surface area contributed by atoms with Gasteiger partial charge in [-0.1, -0.05) is 6.08 Å². The van der Waals surface area contributed by atoms with E-state index in [9.17, 15) is 9.59 Å². The van der Waals surface area contributed by atoms with Crippen LogP contribution in [0.5, 0.6) is 0 Å². The second-order valence-electron chi connectivity index (χ2n) is 4.19. The summed E-state index contributed by atoms with van der Waals surface area (Å²) in [5.74, 6) is -0.978. The van der Waals surface area contributed by atoms with Gasteiger partial charge in [0, 0.05) is 29.2 Å². The molecule has 0 saturated heterocycles. The molecule has 2 heterocycles. The van der Waals surface area contributed by atoms with Crippen molar-refractivity contribution >= 4 is 24.0 Å². The molecule has 1 aliphatic rings. The van der Waals surface area contributed by atoms with Crippen LogP contribution in [0.15, 0.2) is 6.20 Å². The molecule has 0 spiro atoms. The number of nitrogens with zero attached hydrogens (tertiary/aromatic N) is 1. The highest BCUT2D eigenvalue weighted by Gasteiger charge is 2.14. The van der Waals surface area contributed by atoms with E-state index in [2.05, 4.69) is 5.32 Å². The third kappa shape index (κ3) is 2.08. The molecule has 0 saturated carbocycles. The third-order valence-electron chi connectivity index (χ3n) is 2.74. The zero-order valence-corrected chi connectivity index (χ0v) is 9.73. The highest BCUT2D eigenvalue weighted by molar-refractivity contribution is 5.94. The maximum atomic E-state index is 11.5. The van der Waals surface area contributed by atoms with Gasteiger partial charge < -0.3 is 15.0 Å². The molecule has 1 aromatic rings. The largest absolute Gasteiger partial charge is 0.480 e. The summed E-state index contributed by atoms with van der Waals surface area (Å²) in [4.78, 5) is 22.3. The Bertz CT molecular complexity index is 598. The van der Waals surface area contributed by atoms with Gasteiger partial charge in [0.15, 0.2) is 5.78 Å². The Morgan fingerprint density at radius 1 is 1.53 bits per heavy atom. The van der Waals surface area contributed by atoms with E-state index in [1.165, 1.54) is 6.92 Å². The smallest absolute Gasteiger partial charge is 0.323 e. The first-order valence-corrected chi connectivity index (χ1v) is 5.39. The number of hydrogen-bond acceptors (Lipinski definition) is 3. The minimum absolute atomic E-state index is 0.0517. The van der Waals surface area contributed by atoms with Crippen molar-refractivity contribution in [1.82, 2.24) is 9.88 Å². The van der Waals surface area contributed by atoms with E-state index in [1.807, 2.05) is 13.0 Å². The first-order valence-electron chi connectivity index (χ1n) is 5.39. The number of ketones is 1. The summed E-state index contributed by atoms with van der Waals surface area (Å²) in [5, 5.41) is 13.5. The van der Waals surface area contributed by atoms with Crippen molar-refractivity contribution < 1.29 is 14.7 Å². The van der Waals surface area contributed by atoms with E-state index in [1.54, 1.807) is 17.0 Å². The van der Waals surface area contributed by atoms with Gasteiger partial charge in [-0.15, -0.1) is 0 Å². The molecule has 1 aromatic heterocycles. The standard InChI is InChI=1S/C12H14N2O3/c1-7-3-9-10(8(2)15)5-14(6-12(16)17)11(9)4-13-7/h3-5,7,13H,6H2,1-2H3,(H,16,17). The van der Waals surface area contributed by atoms with Crippen molar-refractivity contribution in [3.63, 3.8) is 0 Å². The molecule has 2 rings (SSSR count). The van der Waals surface area contributed by atoms with Crippen molar-refractivity contribution in [3.8, 4) is 0 Å². The second-order valence-corrected chi connectivity index (χ2v) is 4.19. The fourth-order valence-corrected chi connectivity index (χ4v) is 1.99. The van der Waals surface area contributed by atoms with Crippen molar-refractivity contribution in [1.29, 1.82) is 0 Å². The number of carbonyl (C=O) groups excluding carboxylic acids is 1. The predicted molar refractivity (Wildman–Crippen MR) is 62.9 cm³/mol. The molecule has 0 aromatic carbocycles. The lowest BCUT2D eigenvalue weighted by Gasteiger charge is -2.10. The summed E-state index contributed by atoms with van der Waals surface area (Å²) in [6.07, 6.45) is 5.30. The fraction of sp³-hybridized carbons (Fsp3) is 0.333. The maximum Gasteiger partial charge on any atom is 0.323 e. The summed E-state index contributed by atoms with van der Waals surface area (Å²) in [5.41, 5.74) is 0.575. The summed E-state index contributed by atoms with van der Waals surface area (Å²) in [6, 6.07) is 0.140. The Morgan fingerprint density at radius 3 is 2.82 bits per heavy atom. The van der Waals surface area contributed by atoms with Crippen LogP contribution in [-0.4, -0.2) is 27.5 Å². The van der Waals surface area contributed by atoms with Crippen LogP contribution in [0.1, 0.15) is 24.2 Å². The van der Waals surface area contributed by atoms with Crippen LogP contribution >= 0.6 is 0 Å². The van der Waals surface area contributed by atoms with E-state index in [0.717, 1.165) is 10.6 Å². The van der Waals surface area contributed by atoms with E-state index < -0.39 is 5.97 Å².